The molecule has 1 atom stereocenters. The molecule has 0 radical (unpaired) electrons. The number of carbonyl (C=O) groups is 1. The standard InChI is InChI=1S/C19H28N2O2S/c22-19(14-23-13-15-6-5-11-20-12-15)21-17-9-3-4-10-18(17)24-16-7-1-2-8-16/h3-4,9-10,15-16,20H,1-2,5-8,11-14H2,(H,21,22). The van der Waals surface area contributed by atoms with E-state index in [2.05, 4.69) is 16.7 Å². The SMILES string of the molecule is O=C(COCC1CCCNC1)Nc1ccccc1SC1CCCC1. The van der Waals surface area contributed by atoms with Crippen LogP contribution in [0.5, 0.6) is 0 Å². The van der Waals surface area contributed by atoms with Gasteiger partial charge >= 0.3 is 0 Å². The summed E-state index contributed by atoms with van der Waals surface area (Å²) in [6.07, 6.45) is 7.62. The topological polar surface area (TPSA) is 50.4 Å². The molecule has 3 rings (SSSR count). The molecule has 1 heterocycles. The molecule has 2 aliphatic rings. The van der Waals surface area contributed by atoms with Gasteiger partial charge in [0.15, 0.2) is 0 Å². The van der Waals surface area contributed by atoms with Crippen molar-refractivity contribution in [2.24, 2.45) is 5.92 Å². The van der Waals surface area contributed by atoms with Gasteiger partial charge in [-0.25, -0.2) is 0 Å². The van der Waals surface area contributed by atoms with E-state index in [0.29, 0.717) is 17.8 Å². The molecule has 24 heavy (non-hydrogen) atoms. The monoisotopic (exact) mass is 348 g/mol. The average molecular weight is 349 g/mol. The lowest BCUT2D eigenvalue weighted by Crippen LogP contribution is -2.33. The molecule has 0 bridgehead atoms. The van der Waals surface area contributed by atoms with E-state index < -0.39 is 0 Å². The Hall–Kier alpha value is -1.04. The van der Waals surface area contributed by atoms with Crippen molar-refractivity contribution in [1.29, 1.82) is 0 Å². The summed E-state index contributed by atoms with van der Waals surface area (Å²) in [7, 11) is 0. The molecule has 132 valence electrons. The van der Waals surface area contributed by atoms with Crippen LogP contribution in [0, 0.1) is 5.92 Å². The van der Waals surface area contributed by atoms with Crippen molar-refractivity contribution in [2.75, 3.05) is 31.6 Å². The molecule has 1 unspecified atom stereocenters. The minimum absolute atomic E-state index is 0.0572. The Balaban J connectivity index is 1.45. The summed E-state index contributed by atoms with van der Waals surface area (Å²) in [5, 5.41) is 7.09. The van der Waals surface area contributed by atoms with Gasteiger partial charge in [-0.3, -0.25) is 4.79 Å². The molecular formula is C19H28N2O2S. The van der Waals surface area contributed by atoms with E-state index in [0.717, 1.165) is 18.8 Å². The smallest absolute Gasteiger partial charge is 0.250 e. The van der Waals surface area contributed by atoms with Crippen LogP contribution in [0.3, 0.4) is 0 Å². The second-order valence-electron chi connectivity index (χ2n) is 6.80. The molecule has 4 nitrogen and oxygen atoms in total. The molecule has 0 spiro atoms. The summed E-state index contributed by atoms with van der Waals surface area (Å²) in [5.74, 6) is 0.481. The number of benzene rings is 1. The second kappa shape index (κ2) is 9.44. The number of rotatable bonds is 7. The van der Waals surface area contributed by atoms with Crippen molar-refractivity contribution >= 4 is 23.4 Å². The molecule has 1 aliphatic heterocycles. The minimum atomic E-state index is -0.0572. The molecule has 0 aromatic heterocycles. The average Bonchev–Trinajstić information content (AvgIpc) is 3.11. The summed E-state index contributed by atoms with van der Waals surface area (Å²) >= 11 is 1.90. The molecule has 2 N–H and O–H groups in total. The molecule has 1 aliphatic carbocycles. The van der Waals surface area contributed by atoms with Crippen LogP contribution in [0.2, 0.25) is 0 Å². The molecular weight excluding hydrogens is 320 g/mol. The highest BCUT2D eigenvalue weighted by Crippen LogP contribution is 2.37. The first-order chi connectivity index (χ1) is 11.8. The fourth-order valence-electron chi connectivity index (χ4n) is 3.43. The summed E-state index contributed by atoms with van der Waals surface area (Å²) in [4.78, 5) is 13.4. The number of carbonyl (C=O) groups excluding carboxylic acids is 1. The van der Waals surface area contributed by atoms with E-state index in [1.54, 1.807) is 0 Å². The van der Waals surface area contributed by atoms with Gasteiger partial charge < -0.3 is 15.4 Å². The maximum Gasteiger partial charge on any atom is 0.250 e. The molecule has 5 heteroatoms. The number of hydrogen-bond acceptors (Lipinski definition) is 4. The molecule has 1 aromatic rings. The van der Waals surface area contributed by atoms with E-state index in [9.17, 15) is 4.79 Å². The van der Waals surface area contributed by atoms with Crippen LogP contribution in [-0.2, 0) is 9.53 Å². The number of anilines is 1. The quantitative estimate of drug-likeness (QED) is 0.789. The van der Waals surface area contributed by atoms with Crippen molar-refractivity contribution in [3.63, 3.8) is 0 Å². The number of ether oxygens (including phenoxy) is 1. The van der Waals surface area contributed by atoms with Gasteiger partial charge in [-0.2, -0.15) is 0 Å². The first-order valence-corrected chi connectivity index (χ1v) is 10.0. The van der Waals surface area contributed by atoms with Gasteiger partial charge in [0.2, 0.25) is 5.91 Å². The van der Waals surface area contributed by atoms with Crippen molar-refractivity contribution in [2.45, 2.75) is 48.7 Å². The number of amides is 1. The number of nitrogens with one attached hydrogen (secondary N) is 2. The van der Waals surface area contributed by atoms with E-state index >= 15 is 0 Å². The van der Waals surface area contributed by atoms with Crippen molar-refractivity contribution in [1.82, 2.24) is 5.32 Å². The third-order valence-electron chi connectivity index (χ3n) is 4.74. The van der Waals surface area contributed by atoms with Crippen molar-refractivity contribution in [3.05, 3.63) is 24.3 Å². The van der Waals surface area contributed by atoms with Crippen LogP contribution in [-0.4, -0.2) is 37.5 Å². The van der Waals surface area contributed by atoms with Crippen LogP contribution >= 0.6 is 11.8 Å². The van der Waals surface area contributed by atoms with E-state index in [4.69, 9.17) is 4.74 Å². The highest BCUT2D eigenvalue weighted by atomic mass is 32.2. The van der Waals surface area contributed by atoms with Gasteiger partial charge in [0.25, 0.3) is 0 Å². The Kier molecular flexibility index (Phi) is 6.99. The zero-order valence-corrected chi connectivity index (χ0v) is 15.1. The summed E-state index contributed by atoms with van der Waals surface area (Å²) in [5.41, 5.74) is 0.919. The van der Waals surface area contributed by atoms with Crippen LogP contribution in [0.15, 0.2) is 29.2 Å². The second-order valence-corrected chi connectivity index (χ2v) is 8.14. The van der Waals surface area contributed by atoms with E-state index in [1.165, 1.54) is 43.4 Å². The number of piperidine rings is 1. The van der Waals surface area contributed by atoms with Gasteiger partial charge in [0.05, 0.1) is 12.3 Å². The van der Waals surface area contributed by atoms with Gasteiger partial charge in [-0.15, -0.1) is 11.8 Å². The minimum Gasteiger partial charge on any atom is -0.371 e. The number of hydrogen-bond donors (Lipinski definition) is 2. The molecule has 1 saturated heterocycles. The first-order valence-electron chi connectivity index (χ1n) is 9.15. The number of thioether (sulfide) groups is 1. The summed E-state index contributed by atoms with van der Waals surface area (Å²) in [6.45, 7) is 2.91. The predicted octanol–water partition coefficient (Wildman–Crippen LogP) is 3.68. The lowest BCUT2D eigenvalue weighted by atomic mass is 10.0. The first kappa shape index (κ1) is 17.8. The van der Waals surface area contributed by atoms with Crippen molar-refractivity contribution < 1.29 is 9.53 Å². The molecule has 1 saturated carbocycles. The van der Waals surface area contributed by atoms with E-state index in [-0.39, 0.29) is 12.5 Å². The van der Waals surface area contributed by atoms with E-state index in [1.807, 2.05) is 30.0 Å². The Bertz CT molecular complexity index is 526. The predicted molar refractivity (Wildman–Crippen MR) is 99.6 cm³/mol. The third kappa shape index (κ3) is 5.50. The lowest BCUT2D eigenvalue weighted by Gasteiger charge is -2.22. The van der Waals surface area contributed by atoms with Crippen LogP contribution in [0.25, 0.3) is 0 Å². The Morgan fingerprint density at radius 3 is 2.83 bits per heavy atom. The highest BCUT2D eigenvalue weighted by Gasteiger charge is 2.18. The van der Waals surface area contributed by atoms with Gasteiger partial charge in [0, 0.05) is 16.7 Å². The highest BCUT2D eigenvalue weighted by molar-refractivity contribution is 8.00. The maximum absolute atomic E-state index is 12.2. The molecule has 2 fully saturated rings. The normalized spacial score (nSPS) is 21.8. The molecule has 1 aromatic carbocycles. The molecule has 1 amide bonds. The Morgan fingerprint density at radius 1 is 1.21 bits per heavy atom. The Labute approximate surface area is 149 Å². The summed E-state index contributed by atoms with van der Waals surface area (Å²) < 4.78 is 5.62. The maximum atomic E-state index is 12.2. The van der Waals surface area contributed by atoms with Gasteiger partial charge in [-0.1, -0.05) is 25.0 Å². The van der Waals surface area contributed by atoms with Gasteiger partial charge in [-0.05, 0) is 50.3 Å². The zero-order chi connectivity index (χ0) is 16.6. The third-order valence-corrected chi connectivity index (χ3v) is 6.16. The van der Waals surface area contributed by atoms with Crippen LogP contribution in [0.4, 0.5) is 5.69 Å². The lowest BCUT2D eigenvalue weighted by molar-refractivity contribution is -0.121. The Morgan fingerprint density at radius 2 is 2.04 bits per heavy atom. The van der Waals surface area contributed by atoms with Crippen LogP contribution < -0.4 is 10.6 Å². The van der Waals surface area contributed by atoms with Gasteiger partial charge in [0.1, 0.15) is 6.61 Å². The number of para-hydroxylation sites is 1. The largest absolute Gasteiger partial charge is 0.371 e. The summed E-state index contributed by atoms with van der Waals surface area (Å²) in [6, 6.07) is 8.11. The fourth-order valence-corrected chi connectivity index (χ4v) is 4.76. The van der Waals surface area contributed by atoms with Crippen LogP contribution in [0.1, 0.15) is 38.5 Å². The van der Waals surface area contributed by atoms with Crippen molar-refractivity contribution in [3.8, 4) is 0 Å². The zero-order valence-electron chi connectivity index (χ0n) is 14.3. The fraction of sp³-hybridized carbons (Fsp3) is 0.632.